The summed E-state index contributed by atoms with van der Waals surface area (Å²) in [4.78, 5) is 0. The first kappa shape index (κ1) is 25.4. The zero-order chi connectivity index (χ0) is 25.2. The van der Waals surface area contributed by atoms with Crippen LogP contribution in [0.25, 0.3) is 21.9 Å². The van der Waals surface area contributed by atoms with Gasteiger partial charge in [-0.15, -0.1) is 13.2 Å². The van der Waals surface area contributed by atoms with Gasteiger partial charge >= 0.3 is 6.36 Å². The van der Waals surface area contributed by atoms with Crippen molar-refractivity contribution in [3.8, 4) is 16.9 Å². The van der Waals surface area contributed by atoms with Gasteiger partial charge in [0, 0.05) is 0 Å². The number of ether oxygens (including phenoxy) is 1. The third-order valence-corrected chi connectivity index (χ3v) is 7.03. The summed E-state index contributed by atoms with van der Waals surface area (Å²) in [6.07, 6.45) is 4.56. The van der Waals surface area contributed by atoms with E-state index in [1.165, 1.54) is 50.2 Å². The second kappa shape index (κ2) is 10.5. The molecule has 0 N–H and O–H groups in total. The first-order valence-electron chi connectivity index (χ1n) is 12.1. The van der Waals surface area contributed by atoms with Crippen LogP contribution in [0.5, 0.6) is 5.75 Å². The topological polar surface area (TPSA) is 9.23 Å². The molecule has 0 aromatic heterocycles. The predicted octanol–water partition coefficient (Wildman–Crippen LogP) is 9.68. The van der Waals surface area contributed by atoms with Crippen LogP contribution in [-0.2, 0) is 0 Å². The van der Waals surface area contributed by atoms with E-state index in [-0.39, 0.29) is 5.39 Å². The molecule has 1 saturated carbocycles. The van der Waals surface area contributed by atoms with Crippen LogP contribution in [0.4, 0.5) is 26.3 Å². The summed E-state index contributed by atoms with van der Waals surface area (Å²) in [6.45, 7) is 2.22. The number of fused-ring (bicyclic) bond motifs is 1. The van der Waals surface area contributed by atoms with Crippen molar-refractivity contribution in [1.82, 2.24) is 0 Å². The average molecular weight is 495 g/mol. The molecule has 3 aromatic rings. The van der Waals surface area contributed by atoms with Gasteiger partial charge in [-0.05, 0) is 77.8 Å². The Bertz CT molecular complexity index is 1160. The van der Waals surface area contributed by atoms with Crippen molar-refractivity contribution in [3.63, 3.8) is 0 Å². The Morgan fingerprint density at radius 2 is 1.51 bits per heavy atom. The van der Waals surface area contributed by atoms with Crippen LogP contribution in [-0.4, -0.2) is 6.36 Å². The lowest BCUT2D eigenvalue weighted by Crippen LogP contribution is -2.19. The summed E-state index contributed by atoms with van der Waals surface area (Å²) in [5.41, 5.74) is 2.25. The smallest absolute Gasteiger partial charge is 0.399 e. The number of hydrogen-bond acceptors (Lipinski definition) is 1. The molecule has 1 nitrogen and oxygen atoms in total. The first-order chi connectivity index (χ1) is 16.7. The second-order valence-corrected chi connectivity index (χ2v) is 9.44. The Morgan fingerprint density at radius 1 is 0.829 bits per heavy atom. The van der Waals surface area contributed by atoms with Crippen LogP contribution in [0, 0.1) is 23.4 Å². The molecule has 0 spiro atoms. The third kappa shape index (κ3) is 5.93. The number of unbranched alkanes of at least 4 members (excludes halogenated alkanes) is 2. The minimum Gasteiger partial charge on any atom is -0.399 e. The van der Waals surface area contributed by atoms with Gasteiger partial charge in [0.05, 0.1) is 5.39 Å². The van der Waals surface area contributed by atoms with Gasteiger partial charge in [0.2, 0.25) is 5.75 Å². The quantitative estimate of drug-likeness (QED) is 0.235. The highest BCUT2D eigenvalue weighted by Gasteiger charge is 2.35. The fourth-order valence-electron chi connectivity index (χ4n) is 5.18. The molecular formula is C28H28F6O. The Hall–Kier alpha value is -2.70. The van der Waals surface area contributed by atoms with E-state index >= 15 is 0 Å². The lowest BCUT2D eigenvalue weighted by Gasteiger charge is -2.29. The van der Waals surface area contributed by atoms with E-state index in [0.29, 0.717) is 23.1 Å². The van der Waals surface area contributed by atoms with Crippen LogP contribution in [0.2, 0.25) is 0 Å². The van der Waals surface area contributed by atoms with Crippen LogP contribution in [0.1, 0.15) is 69.8 Å². The monoisotopic (exact) mass is 494 g/mol. The molecule has 0 amide bonds. The molecule has 0 heterocycles. The molecule has 0 radical (unpaired) electrons. The first-order valence-corrected chi connectivity index (χ1v) is 12.1. The fourth-order valence-corrected chi connectivity index (χ4v) is 5.18. The van der Waals surface area contributed by atoms with Crippen molar-refractivity contribution in [2.24, 2.45) is 5.92 Å². The van der Waals surface area contributed by atoms with E-state index < -0.39 is 34.9 Å². The zero-order valence-corrected chi connectivity index (χ0v) is 19.5. The van der Waals surface area contributed by atoms with Crippen LogP contribution in [0.15, 0.2) is 42.5 Å². The third-order valence-electron chi connectivity index (χ3n) is 7.03. The van der Waals surface area contributed by atoms with Gasteiger partial charge in [-0.1, -0.05) is 56.9 Å². The Balaban J connectivity index is 1.52. The molecular weight excluding hydrogens is 466 g/mol. The minimum atomic E-state index is -5.30. The Labute approximate surface area is 201 Å². The number of alkyl halides is 3. The molecule has 1 aliphatic carbocycles. The van der Waals surface area contributed by atoms with Gasteiger partial charge in [-0.2, -0.15) is 0 Å². The average Bonchev–Trinajstić information content (AvgIpc) is 2.81. The number of hydrogen-bond donors (Lipinski definition) is 0. The van der Waals surface area contributed by atoms with Crippen molar-refractivity contribution in [2.75, 3.05) is 0 Å². The van der Waals surface area contributed by atoms with Gasteiger partial charge < -0.3 is 4.74 Å². The van der Waals surface area contributed by atoms with Gasteiger partial charge in [0.1, 0.15) is 5.82 Å². The van der Waals surface area contributed by atoms with Gasteiger partial charge in [0.15, 0.2) is 11.6 Å². The summed E-state index contributed by atoms with van der Waals surface area (Å²) < 4.78 is 84.3. The molecule has 1 aliphatic rings. The highest BCUT2D eigenvalue weighted by molar-refractivity contribution is 5.89. The minimum absolute atomic E-state index is 0.185. The molecule has 0 bridgehead atoms. The molecule has 188 valence electrons. The maximum absolute atomic E-state index is 14.8. The standard InChI is InChI=1S/C28H28F6O/c1-2-3-4-5-17-6-8-18(9-7-17)19-10-12-20(13-11-19)21-14-22-16-24(30)27(35-28(32,33)34)26(31)25(22)23(29)15-21/h10-18H,2-9H2,1H3. The molecule has 0 atom stereocenters. The van der Waals surface area contributed by atoms with Crippen molar-refractivity contribution in [2.45, 2.75) is 70.6 Å². The SMILES string of the molecule is CCCCCC1CCC(c2ccc(-c3cc(F)c4c(F)c(OC(F)(F)F)c(F)cc4c3)cc2)CC1. The van der Waals surface area contributed by atoms with Crippen LogP contribution < -0.4 is 4.74 Å². The normalized spacial score (nSPS) is 18.7. The van der Waals surface area contributed by atoms with Gasteiger partial charge in [-0.3, -0.25) is 0 Å². The number of benzene rings is 3. The molecule has 7 heteroatoms. The van der Waals surface area contributed by atoms with E-state index in [4.69, 9.17) is 0 Å². The lowest BCUT2D eigenvalue weighted by molar-refractivity contribution is -0.276. The van der Waals surface area contributed by atoms with Gasteiger partial charge in [0.25, 0.3) is 0 Å². The summed E-state index contributed by atoms with van der Waals surface area (Å²) in [7, 11) is 0. The zero-order valence-electron chi connectivity index (χ0n) is 19.5. The van der Waals surface area contributed by atoms with E-state index in [2.05, 4.69) is 11.7 Å². The van der Waals surface area contributed by atoms with Crippen molar-refractivity contribution in [3.05, 3.63) is 65.5 Å². The summed E-state index contributed by atoms with van der Waals surface area (Å²) in [5.74, 6) is -4.74. The summed E-state index contributed by atoms with van der Waals surface area (Å²) in [6, 6.07) is 10.7. The molecule has 4 rings (SSSR count). The molecule has 0 aliphatic heterocycles. The molecule has 3 aromatic carbocycles. The van der Waals surface area contributed by atoms with Crippen LogP contribution >= 0.6 is 0 Å². The summed E-state index contributed by atoms with van der Waals surface area (Å²) in [5, 5.41) is -0.934. The summed E-state index contributed by atoms with van der Waals surface area (Å²) >= 11 is 0. The van der Waals surface area contributed by atoms with E-state index in [1.807, 2.05) is 24.3 Å². The predicted molar refractivity (Wildman–Crippen MR) is 125 cm³/mol. The lowest BCUT2D eigenvalue weighted by atomic mass is 9.77. The molecule has 0 saturated heterocycles. The van der Waals surface area contributed by atoms with Crippen LogP contribution in [0.3, 0.4) is 0 Å². The van der Waals surface area contributed by atoms with E-state index in [9.17, 15) is 26.3 Å². The number of halogens is 6. The fraction of sp³-hybridized carbons (Fsp3) is 0.429. The van der Waals surface area contributed by atoms with E-state index in [0.717, 1.165) is 24.8 Å². The molecule has 35 heavy (non-hydrogen) atoms. The highest BCUT2D eigenvalue weighted by Crippen LogP contribution is 2.40. The number of rotatable bonds is 7. The van der Waals surface area contributed by atoms with Gasteiger partial charge in [-0.25, -0.2) is 13.2 Å². The largest absolute Gasteiger partial charge is 0.573 e. The van der Waals surface area contributed by atoms with Crippen molar-refractivity contribution in [1.29, 1.82) is 0 Å². The van der Waals surface area contributed by atoms with Crippen molar-refractivity contribution >= 4 is 10.8 Å². The molecule has 0 unspecified atom stereocenters. The highest BCUT2D eigenvalue weighted by atomic mass is 19.4. The van der Waals surface area contributed by atoms with E-state index in [1.54, 1.807) is 0 Å². The maximum Gasteiger partial charge on any atom is 0.573 e. The maximum atomic E-state index is 14.8. The molecule has 1 fully saturated rings. The Morgan fingerprint density at radius 3 is 2.14 bits per heavy atom. The Kier molecular flexibility index (Phi) is 7.62. The second-order valence-electron chi connectivity index (χ2n) is 9.44. The van der Waals surface area contributed by atoms with Crippen molar-refractivity contribution < 1.29 is 31.1 Å².